The number of piperazine rings is 1. The van der Waals surface area contributed by atoms with E-state index in [-0.39, 0.29) is 6.09 Å². The fraction of sp³-hybridized carbons (Fsp3) is 0.611. The molecule has 2 rings (SSSR count). The fourth-order valence-corrected chi connectivity index (χ4v) is 3.25. The molecule has 1 aromatic rings. The van der Waals surface area contributed by atoms with Crippen LogP contribution in [-0.4, -0.2) is 47.2 Å². The molecule has 0 spiro atoms. The molecular weight excluding hydrogens is 356 g/mol. The van der Waals surface area contributed by atoms with E-state index in [0.29, 0.717) is 12.6 Å². The van der Waals surface area contributed by atoms with Crippen LogP contribution in [0.5, 0.6) is 0 Å². The van der Waals surface area contributed by atoms with Crippen molar-refractivity contribution >= 4 is 22.0 Å². The topological polar surface area (TPSA) is 32.8 Å². The molecule has 1 aromatic carbocycles. The van der Waals surface area contributed by atoms with Crippen LogP contribution in [0.1, 0.15) is 38.8 Å². The average Bonchev–Trinajstić information content (AvgIpc) is 2.41. The molecule has 1 amide bonds. The highest BCUT2D eigenvalue weighted by molar-refractivity contribution is 9.10. The van der Waals surface area contributed by atoms with Crippen molar-refractivity contribution in [3.8, 4) is 0 Å². The van der Waals surface area contributed by atoms with Gasteiger partial charge in [-0.15, -0.1) is 0 Å². The zero-order valence-corrected chi connectivity index (χ0v) is 16.3. The van der Waals surface area contributed by atoms with Gasteiger partial charge in [0.25, 0.3) is 0 Å². The molecule has 0 aromatic heterocycles. The van der Waals surface area contributed by atoms with Gasteiger partial charge in [0.05, 0.1) is 0 Å². The van der Waals surface area contributed by atoms with Gasteiger partial charge in [-0.05, 0) is 57.9 Å². The summed E-state index contributed by atoms with van der Waals surface area (Å²) >= 11 is 3.51. The van der Waals surface area contributed by atoms with Crippen molar-refractivity contribution in [1.29, 1.82) is 0 Å². The van der Waals surface area contributed by atoms with E-state index in [1.165, 1.54) is 11.1 Å². The third kappa shape index (κ3) is 5.21. The zero-order valence-electron chi connectivity index (χ0n) is 14.7. The van der Waals surface area contributed by atoms with E-state index < -0.39 is 5.60 Å². The lowest BCUT2D eigenvalue weighted by Gasteiger charge is -2.40. The molecule has 23 heavy (non-hydrogen) atoms. The average molecular weight is 383 g/mol. The van der Waals surface area contributed by atoms with Gasteiger partial charge in [0.2, 0.25) is 0 Å². The molecule has 1 saturated heterocycles. The van der Waals surface area contributed by atoms with E-state index in [1.807, 2.05) is 25.7 Å². The quantitative estimate of drug-likeness (QED) is 0.768. The van der Waals surface area contributed by atoms with Crippen LogP contribution in [0.25, 0.3) is 0 Å². The monoisotopic (exact) mass is 382 g/mol. The first-order valence-electron chi connectivity index (χ1n) is 8.13. The predicted molar refractivity (Wildman–Crippen MR) is 96.6 cm³/mol. The summed E-state index contributed by atoms with van der Waals surface area (Å²) in [6, 6.07) is 6.73. The van der Waals surface area contributed by atoms with Gasteiger partial charge < -0.3 is 9.64 Å². The molecule has 4 nitrogen and oxygen atoms in total. The van der Waals surface area contributed by atoms with Gasteiger partial charge in [-0.1, -0.05) is 22.0 Å². The van der Waals surface area contributed by atoms with E-state index in [1.54, 1.807) is 0 Å². The van der Waals surface area contributed by atoms with Gasteiger partial charge >= 0.3 is 6.09 Å². The molecule has 1 fully saturated rings. The summed E-state index contributed by atoms with van der Waals surface area (Å²) in [7, 11) is 0. The number of rotatable bonds is 2. The van der Waals surface area contributed by atoms with Crippen LogP contribution in [-0.2, 0) is 11.3 Å². The highest BCUT2D eigenvalue weighted by Gasteiger charge is 2.29. The highest BCUT2D eigenvalue weighted by Crippen LogP contribution is 2.21. The molecule has 0 aliphatic carbocycles. The molecule has 0 saturated carbocycles. The zero-order chi connectivity index (χ0) is 17.2. The molecule has 0 bridgehead atoms. The second kappa shape index (κ2) is 7.22. The molecule has 0 radical (unpaired) electrons. The maximum atomic E-state index is 12.2. The van der Waals surface area contributed by atoms with Crippen molar-refractivity contribution in [3.63, 3.8) is 0 Å². The maximum absolute atomic E-state index is 12.2. The molecule has 1 atom stereocenters. The third-order valence-corrected chi connectivity index (χ3v) is 4.59. The standard InChI is InChI=1S/C18H27BrN2O2/c1-13-10-16(19)7-6-15(13)12-20-8-9-21(11-14(20)2)17(22)23-18(3,4)5/h6-7,10,14H,8-9,11-12H2,1-5H3. The van der Waals surface area contributed by atoms with Crippen molar-refractivity contribution in [3.05, 3.63) is 33.8 Å². The SMILES string of the molecule is Cc1cc(Br)ccc1CN1CCN(C(=O)OC(C)(C)C)CC1C. The van der Waals surface area contributed by atoms with Crippen LogP contribution < -0.4 is 0 Å². The third-order valence-electron chi connectivity index (χ3n) is 4.09. The van der Waals surface area contributed by atoms with E-state index in [0.717, 1.165) is 24.1 Å². The number of halogens is 1. The summed E-state index contributed by atoms with van der Waals surface area (Å²) < 4.78 is 6.59. The lowest BCUT2D eigenvalue weighted by molar-refractivity contribution is 0.00458. The second-order valence-corrected chi connectivity index (χ2v) is 8.23. The lowest BCUT2D eigenvalue weighted by Crippen LogP contribution is -2.54. The van der Waals surface area contributed by atoms with Gasteiger partial charge in [0.15, 0.2) is 0 Å². The Kier molecular flexibility index (Phi) is 5.74. The number of carbonyl (C=O) groups is 1. The van der Waals surface area contributed by atoms with Crippen LogP contribution in [0, 0.1) is 6.92 Å². The number of ether oxygens (including phenoxy) is 1. The summed E-state index contributed by atoms with van der Waals surface area (Å²) in [6.07, 6.45) is -0.205. The van der Waals surface area contributed by atoms with Crippen molar-refractivity contribution in [2.24, 2.45) is 0 Å². The van der Waals surface area contributed by atoms with Crippen LogP contribution in [0.3, 0.4) is 0 Å². The summed E-state index contributed by atoms with van der Waals surface area (Å²) in [4.78, 5) is 16.4. The Bertz CT molecular complexity index is 569. The Labute approximate surface area is 147 Å². The molecular formula is C18H27BrN2O2. The largest absolute Gasteiger partial charge is 0.444 e. The van der Waals surface area contributed by atoms with Crippen molar-refractivity contribution in [2.45, 2.75) is 52.8 Å². The Balaban J connectivity index is 1.95. The number of carbonyl (C=O) groups excluding carboxylic acids is 1. The molecule has 128 valence electrons. The highest BCUT2D eigenvalue weighted by atomic mass is 79.9. The van der Waals surface area contributed by atoms with Crippen LogP contribution in [0.15, 0.2) is 22.7 Å². The summed E-state index contributed by atoms with van der Waals surface area (Å²) in [5.74, 6) is 0. The van der Waals surface area contributed by atoms with Crippen molar-refractivity contribution in [2.75, 3.05) is 19.6 Å². The summed E-state index contributed by atoms with van der Waals surface area (Å²) in [5, 5.41) is 0. The van der Waals surface area contributed by atoms with Gasteiger partial charge in [-0.25, -0.2) is 4.79 Å². The lowest BCUT2D eigenvalue weighted by atomic mass is 10.1. The minimum atomic E-state index is -0.438. The molecule has 1 heterocycles. The van der Waals surface area contributed by atoms with Crippen LogP contribution in [0.2, 0.25) is 0 Å². The number of benzene rings is 1. The van der Waals surface area contributed by atoms with Crippen molar-refractivity contribution < 1.29 is 9.53 Å². The van der Waals surface area contributed by atoms with Crippen LogP contribution in [0.4, 0.5) is 4.79 Å². The molecule has 1 unspecified atom stereocenters. The maximum Gasteiger partial charge on any atom is 0.410 e. The molecule has 1 aliphatic rings. The molecule has 1 aliphatic heterocycles. The van der Waals surface area contributed by atoms with E-state index in [2.05, 4.69) is 52.9 Å². The fourth-order valence-electron chi connectivity index (χ4n) is 2.78. The van der Waals surface area contributed by atoms with Gasteiger partial charge in [-0.2, -0.15) is 0 Å². The minimum absolute atomic E-state index is 0.205. The first kappa shape index (κ1) is 18.3. The first-order chi connectivity index (χ1) is 10.7. The number of hydrogen-bond donors (Lipinski definition) is 0. The van der Waals surface area contributed by atoms with E-state index in [4.69, 9.17) is 4.74 Å². The number of amides is 1. The second-order valence-electron chi connectivity index (χ2n) is 7.32. The van der Waals surface area contributed by atoms with E-state index in [9.17, 15) is 4.79 Å². The normalized spacial score (nSPS) is 19.7. The number of aryl methyl sites for hydroxylation is 1. The summed E-state index contributed by atoms with van der Waals surface area (Å²) in [6.45, 7) is 13.2. The Morgan fingerprint density at radius 2 is 2.04 bits per heavy atom. The Hall–Kier alpha value is -1.07. The molecule has 0 N–H and O–H groups in total. The van der Waals surface area contributed by atoms with E-state index >= 15 is 0 Å². The van der Waals surface area contributed by atoms with Gasteiger partial charge in [0, 0.05) is 36.7 Å². The first-order valence-corrected chi connectivity index (χ1v) is 8.92. The Morgan fingerprint density at radius 1 is 1.35 bits per heavy atom. The van der Waals surface area contributed by atoms with Crippen LogP contribution >= 0.6 is 15.9 Å². The Morgan fingerprint density at radius 3 is 2.61 bits per heavy atom. The molecule has 5 heteroatoms. The predicted octanol–water partition coefficient (Wildman–Crippen LogP) is 4.20. The number of hydrogen-bond acceptors (Lipinski definition) is 3. The van der Waals surface area contributed by atoms with Gasteiger partial charge in [-0.3, -0.25) is 4.90 Å². The number of nitrogens with zero attached hydrogens (tertiary/aromatic N) is 2. The smallest absolute Gasteiger partial charge is 0.410 e. The van der Waals surface area contributed by atoms with Gasteiger partial charge in [0.1, 0.15) is 5.60 Å². The minimum Gasteiger partial charge on any atom is -0.444 e. The summed E-state index contributed by atoms with van der Waals surface area (Å²) in [5.41, 5.74) is 2.19. The van der Waals surface area contributed by atoms with Crippen molar-refractivity contribution in [1.82, 2.24) is 9.80 Å².